The second-order valence-corrected chi connectivity index (χ2v) is 5.36. The number of benzene rings is 1. The zero-order valence-corrected chi connectivity index (χ0v) is 13.8. The van der Waals surface area contributed by atoms with Gasteiger partial charge >= 0.3 is 0 Å². The van der Waals surface area contributed by atoms with Crippen LogP contribution in [0.3, 0.4) is 0 Å². The Kier molecular flexibility index (Phi) is 6.24. The maximum atomic E-state index is 10.8. The van der Waals surface area contributed by atoms with Crippen LogP contribution in [0.5, 0.6) is 17.2 Å². The van der Waals surface area contributed by atoms with Crippen molar-refractivity contribution in [3.63, 3.8) is 0 Å². The normalized spacial score (nSPS) is 13.1. The molecule has 0 aromatic heterocycles. The van der Waals surface area contributed by atoms with Crippen LogP contribution in [0.1, 0.15) is 32.3 Å². The first kappa shape index (κ1) is 17.8. The number of nitrogens with zero attached hydrogens (tertiary/aromatic N) is 1. The van der Waals surface area contributed by atoms with Crippen LogP contribution in [0.15, 0.2) is 12.1 Å². The molecule has 5 nitrogen and oxygen atoms in total. The summed E-state index contributed by atoms with van der Waals surface area (Å²) < 4.78 is 16.0. The Morgan fingerprint density at radius 1 is 1.18 bits per heavy atom. The molecule has 0 heterocycles. The Labute approximate surface area is 131 Å². The van der Waals surface area contributed by atoms with E-state index in [1.165, 1.54) is 21.3 Å². The van der Waals surface area contributed by atoms with Gasteiger partial charge in [-0.1, -0.05) is 13.8 Å². The number of ether oxygens (including phenoxy) is 3. The van der Waals surface area contributed by atoms with E-state index < -0.39 is 5.41 Å². The fraction of sp³-hybridized carbons (Fsp3) is 0.529. The molecule has 1 aromatic carbocycles. The number of hydrogen-bond donors (Lipinski definition) is 0. The third kappa shape index (κ3) is 3.16. The number of rotatable bonds is 8. The first-order valence-corrected chi connectivity index (χ1v) is 7.16. The van der Waals surface area contributed by atoms with E-state index in [9.17, 15) is 10.1 Å². The van der Waals surface area contributed by atoms with Gasteiger partial charge in [-0.2, -0.15) is 5.26 Å². The molecule has 0 radical (unpaired) electrons. The van der Waals surface area contributed by atoms with E-state index in [1.54, 1.807) is 12.1 Å². The highest BCUT2D eigenvalue weighted by molar-refractivity contribution is 5.57. The average molecular weight is 305 g/mol. The third-order valence-electron chi connectivity index (χ3n) is 4.02. The summed E-state index contributed by atoms with van der Waals surface area (Å²) in [5.41, 5.74) is -0.0188. The van der Waals surface area contributed by atoms with Crippen LogP contribution >= 0.6 is 0 Å². The molecular formula is C17H23NO4. The standard InChI is InChI=1S/C17H23NO4/c1-12(2)17(11-18,7-6-8-19)13-9-14(20-3)16(22-5)15(10-13)21-4/h8-10,12H,6-7H2,1-5H3. The highest BCUT2D eigenvalue weighted by Crippen LogP contribution is 2.45. The minimum absolute atomic E-state index is 0.0280. The molecule has 0 aliphatic rings. The lowest BCUT2D eigenvalue weighted by molar-refractivity contribution is -0.108. The molecule has 0 amide bonds. The minimum Gasteiger partial charge on any atom is -0.493 e. The number of nitriles is 1. The average Bonchev–Trinajstić information content (AvgIpc) is 2.54. The molecule has 0 saturated carbocycles. The van der Waals surface area contributed by atoms with Gasteiger partial charge in [0.1, 0.15) is 6.29 Å². The molecule has 0 fully saturated rings. The Bertz CT molecular complexity index is 537. The number of hydrogen-bond acceptors (Lipinski definition) is 5. The van der Waals surface area contributed by atoms with Gasteiger partial charge in [0, 0.05) is 6.42 Å². The lowest BCUT2D eigenvalue weighted by Gasteiger charge is -2.31. The molecule has 0 aliphatic heterocycles. The topological polar surface area (TPSA) is 68.5 Å². The summed E-state index contributed by atoms with van der Waals surface area (Å²) in [6.07, 6.45) is 1.61. The largest absolute Gasteiger partial charge is 0.493 e. The van der Waals surface area contributed by atoms with Crippen LogP contribution in [0.4, 0.5) is 0 Å². The molecule has 1 atom stereocenters. The summed E-state index contributed by atoms with van der Waals surface area (Å²) >= 11 is 0. The molecule has 0 saturated heterocycles. The SMILES string of the molecule is COc1cc(C(C#N)(CCC=O)C(C)C)cc(OC)c1OC. The van der Waals surface area contributed by atoms with Gasteiger partial charge in [0.2, 0.25) is 5.75 Å². The summed E-state index contributed by atoms with van der Waals surface area (Å²) in [7, 11) is 4.61. The minimum atomic E-state index is -0.784. The molecule has 22 heavy (non-hydrogen) atoms. The van der Waals surface area contributed by atoms with Gasteiger partial charge in [-0.15, -0.1) is 0 Å². The molecule has 0 aliphatic carbocycles. The van der Waals surface area contributed by atoms with Gasteiger partial charge in [-0.3, -0.25) is 0 Å². The van der Waals surface area contributed by atoms with Gasteiger partial charge in [0.15, 0.2) is 11.5 Å². The monoisotopic (exact) mass is 305 g/mol. The zero-order chi connectivity index (χ0) is 16.8. The second-order valence-electron chi connectivity index (χ2n) is 5.36. The Balaban J connectivity index is 3.55. The summed E-state index contributed by atoms with van der Waals surface area (Å²) in [6.45, 7) is 3.94. The van der Waals surface area contributed by atoms with Crippen molar-refractivity contribution in [3.8, 4) is 23.3 Å². The van der Waals surface area contributed by atoms with Crippen LogP contribution in [0.25, 0.3) is 0 Å². The van der Waals surface area contributed by atoms with Crippen molar-refractivity contribution in [3.05, 3.63) is 17.7 Å². The molecule has 1 rings (SSSR count). The molecule has 5 heteroatoms. The first-order valence-electron chi connectivity index (χ1n) is 7.16. The van der Waals surface area contributed by atoms with Crippen LogP contribution in [-0.2, 0) is 10.2 Å². The number of methoxy groups -OCH3 is 3. The van der Waals surface area contributed by atoms with Crippen LogP contribution < -0.4 is 14.2 Å². The molecule has 120 valence electrons. The highest BCUT2D eigenvalue weighted by Gasteiger charge is 2.37. The van der Waals surface area contributed by atoms with Crippen molar-refractivity contribution in [2.24, 2.45) is 5.92 Å². The predicted molar refractivity (Wildman–Crippen MR) is 83.5 cm³/mol. The summed E-state index contributed by atoms with van der Waals surface area (Å²) in [5.74, 6) is 1.52. The lowest BCUT2D eigenvalue weighted by atomic mass is 9.70. The van der Waals surface area contributed by atoms with Gasteiger partial charge in [0.25, 0.3) is 0 Å². The zero-order valence-electron chi connectivity index (χ0n) is 13.8. The van der Waals surface area contributed by atoms with E-state index in [4.69, 9.17) is 14.2 Å². The fourth-order valence-electron chi connectivity index (χ4n) is 2.64. The highest BCUT2D eigenvalue weighted by atomic mass is 16.5. The third-order valence-corrected chi connectivity index (χ3v) is 4.02. The number of aldehydes is 1. The van der Waals surface area contributed by atoms with Crippen molar-refractivity contribution in [2.75, 3.05) is 21.3 Å². The van der Waals surface area contributed by atoms with Gasteiger partial charge in [0.05, 0.1) is 32.8 Å². The quantitative estimate of drug-likeness (QED) is 0.690. The van der Waals surface area contributed by atoms with E-state index in [-0.39, 0.29) is 5.92 Å². The fourth-order valence-corrected chi connectivity index (χ4v) is 2.64. The number of carbonyl (C=O) groups excluding carboxylic acids is 1. The lowest BCUT2D eigenvalue weighted by Crippen LogP contribution is -2.31. The van der Waals surface area contributed by atoms with Crippen LogP contribution in [-0.4, -0.2) is 27.6 Å². The van der Waals surface area contributed by atoms with E-state index >= 15 is 0 Å². The van der Waals surface area contributed by atoms with Crippen LogP contribution in [0.2, 0.25) is 0 Å². The molecule has 0 N–H and O–H groups in total. The predicted octanol–water partition coefficient (Wildman–Crippen LogP) is 3.11. The summed E-state index contributed by atoms with van der Waals surface area (Å²) in [6, 6.07) is 5.97. The van der Waals surface area contributed by atoms with Crippen molar-refractivity contribution in [1.29, 1.82) is 5.26 Å². The smallest absolute Gasteiger partial charge is 0.203 e. The molecule has 0 spiro atoms. The van der Waals surface area contributed by atoms with Crippen molar-refractivity contribution in [1.82, 2.24) is 0 Å². The number of carbonyl (C=O) groups is 1. The van der Waals surface area contributed by atoms with Crippen LogP contribution in [0, 0.1) is 17.2 Å². The van der Waals surface area contributed by atoms with Crippen molar-refractivity contribution >= 4 is 6.29 Å². The van der Waals surface area contributed by atoms with Gasteiger partial charge in [-0.05, 0) is 30.0 Å². The molecule has 0 bridgehead atoms. The van der Waals surface area contributed by atoms with Crippen molar-refractivity contribution in [2.45, 2.75) is 32.1 Å². The Hall–Kier alpha value is -2.22. The summed E-state index contributed by atoms with van der Waals surface area (Å²) in [4.78, 5) is 10.8. The van der Waals surface area contributed by atoms with Gasteiger partial charge in [-0.25, -0.2) is 0 Å². The maximum Gasteiger partial charge on any atom is 0.203 e. The Morgan fingerprint density at radius 2 is 1.73 bits per heavy atom. The van der Waals surface area contributed by atoms with E-state index in [1.807, 2.05) is 13.8 Å². The molecule has 1 unspecified atom stereocenters. The first-order chi connectivity index (χ1) is 10.5. The summed E-state index contributed by atoms with van der Waals surface area (Å²) in [5, 5.41) is 9.80. The molecular weight excluding hydrogens is 282 g/mol. The van der Waals surface area contributed by atoms with E-state index in [0.29, 0.717) is 30.1 Å². The maximum absolute atomic E-state index is 10.8. The van der Waals surface area contributed by atoms with E-state index in [2.05, 4.69) is 6.07 Å². The second kappa shape index (κ2) is 7.69. The van der Waals surface area contributed by atoms with E-state index in [0.717, 1.165) is 11.8 Å². The van der Waals surface area contributed by atoms with Crippen molar-refractivity contribution < 1.29 is 19.0 Å². The van der Waals surface area contributed by atoms with Gasteiger partial charge < -0.3 is 19.0 Å². The molecule has 1 aromatic rings. The Morgan fingerprint density at radius 3 is 2.05 bits per heavy atom.